The first-order valence-electron chi connectivity index (χ1n) is 5.83. The molecule has 1 aromatic rings. The van der Waals surface area contributed by atoms with E-state index in [-0.39, 0.29) is 0 Å². The van der Waals surface area contributed by atoms with Crippen LogP contribution in [0.25, 0.3) is 0 Å². The lowest BCUT2D eigenvalue weighted by atomic mass is 9.93. The van der Waals surface area contributed by atoms with Gasteiger partial charge in [-0.1, -0.05) is 13.8 Å². The zero-order chi connectivity index (χ0) is 12.6. The summed E-state index contributed by atoms with van der Waals surface area (Å²) in [5.74, 6) is -0.440. The standard InChI is InChI=1S/C13H19N3O/c1-13(2)5-6-16(8-13)11-4-3-9(12(15)17)7-10(11)14/h3-4,7H,5-6,8,14H2,1-2H3,(H2,15,17). The highest BCUT2D eigenvalue weighted by atomic mass is 16.1. The number of carbonyl (C=O) groups excluding carboxylic acids is 1. The van der Waals surface area contributed by atoms with E-state index in [4.69, 9.17) is 11.5 Å². The normalized spacial score (nSPS) is 18.4. The molecule has 0 spiro atoms. The van der Waals surface area contributed by atoms with Crippen molar-refractivity contribution in [3.05, 3.63) is 23.8 Å². The molecule has 4 nitrogen and oxygen atoms in total. The van der Waals surface area contributed by atoms with E-state index in [2.05, 4.69) is 18.7 Å². The zero-order valence-corrected chi connectivity index (χ0v) is 10.4. The van der Waals surface area contributed by atoms with E-state index in [1.165, 1.54) is 0 Å². The van der Waals surface area contributed by atoms with Crippen molar-refractivity contribution in [1.82, 2.24) is 0 Å². The number of hydrogen-bond donors (Lipinski definition) is 2. The summed E-state index contributed by atoms with van der Waals surface area (Å²) in [7, 11) is 0. The molecule has 1 aliphatic rings. The number of primary amides is 1. The molecular weight excluding hydrogens is 214 g/mol. The van der Waals surface area contributed by atoms with E-state index < -0.39 is 5.91 Å². The van der Waals surface area contributed by atoms with E-state index in [0.29, 0.717) is 16.7 Å². The van der Waals surface area contributed by atoms with Gasteiger partial charge in [0.25, 0.3) is 0 Å². The van der Waals surface area contributed by atoms with Gasteiger partial charge in [-0.2, -0.15) is 0 Å². The van der Waals surface area contributed by atoms with Crippen molar-refractivity contribution >= 4 is 17.3 Å². The quantitative estimate of drug-likeness (QED) is 0.762. The Kier molecular flexibility index (Phi) is 2.73. The minimum absolute atomic E-state index is 0.328. The largest absolute Gasteiger partial charge is 0.397 e. The summed E-state index contributed by atoms with van der Waals surface area (Å²) in [6, 6.07) is 5.28. The van der Waals surface area contributed by atoms with Gasteiger partial charge in [0, 0.05) is 18.7 Å². The fourth-order valence-electron chi connectivity index (χ4n) is 2.31. The highest BCUT2D eigenvalue weighted by Crippen LogP contribution is 2.35. The predicted molar refractivity (Wildman–Crippen MR) is 70.0 cm³/mol. The number of nitrogens with zero attached hydrogens (tertiary/aromatic N) is 1. The van der Waals surface area contributed by atoms with Crippen LogP contribution in [-0.4, -0.2) is 19.0 Å². The smallest absolute Gasteiger partial charge is 0.248 e. The maximum absolute atomic E-state index is 11.0. The third-order valence-electron chi connectivity index (χ3n) is 3.33. The van der Waals surface area contributed by atoms with E-state index in [1.807, 2.05) is 6.07 Å². The van der Waals surface area contributed by atoms with Crippen molar-refractivity contribution in [3.8, 4) is 0 Å². The Morgan fingerprint density at radius 1 is 1.41 bits per heavy atom. The first-order valence-corrected chi connectivity index (χ1v) is 5.83. The summed E-state index contributed by atoms with van der Waals surface area (Å²) >= 11 is 0. The molecule has 17 heavy (non-hydrogen) atoms. The second kappa shape index (κ2) is 3.95. The molecular formula is C13H19N3O. The SMILES string of the molecule is CC1(C)CCN(c2ccc(C(N)=O)cc2N)C1. The summed E-state index contributed by atoms with van der Waals surface area (Å²) in [6.45, 7) is 6.50. The van der Waals surface area contributed by atoms with Crippen molar-refractivity contribution in [1.29, 1.82) is 0 Å². The Bertz CT molecular complexity index is 454. The van der Waals surface area contributed by atoms with E-state index in [9.17, 15) is 4.79 Å². The van der Waals surface area contributed by atoms with Crippen LogP contribution in [0.2, 0.25) is 0 Å². The fourth-order valence-corrected chi connectivity index (χ4v) is 2.31. The average molecular weight is 233 g/mol. The van der Waals surface area contributed by atoms with Crippen LogP contribution < -0.4 is 16.4 Å². The number of hydrogen-bond acceptors (Lipinski definition) is 3. The summed E-state index contributed by atoms with van der Waals surface area (Å²) in [5.41, 5.74) is 13.6. The molecule has 1 aromatic carbocycles. The monoisotopic (exact) mass is 233 g/mol. The van der Waals surface area contributed by atoms with E-state index in [1.54, 1.807) is 12.1 Å². The van der Waals surface area contributed by atoms with Gasteiger partial charge < -0.3 is 16.4 Å². The third-order valence-corrected chi connectivity index (χ3v) is 3.33. The molecule has 1 aliphatic heterocycles. The van der Waals surface area contributed by atoms with Crippen LogP contribution in [0.3, 0.4) is 0 Å². The molecule has 0 unspecified atom stereocenters. The van der Waals surface area contributed by atoms with E-state index >= 15 is 0 Å². The minimum atomic E-state index is -0.440. The van der Waals surface area contributed by atoms with Gasteiger partial charge in [-0.3, -0.25) is 4.79 Å². The van der Waals surface area contributed by atoms with Gasteiger partial charge in [0.15, 0.2) is 0 Å². The van der Waals surface area contributed by atoms with E-state index in [0.717, 1.165) is 25.2 Å². The van der Waals surface area contributed by atoms with Crippen LogP contribution in [0, 0.1) is 5.41 Å². The van der Waals surface area contributed by atoms with Gasteiger partial charge in [0.2, 0.25) is 5.91 Å². The molecule has 0 saturated carbocycles. The Morgan fingerprint density at radius 2 is 2.12 bits per heavy atom. The second-order valence-electron chi connectivity index (χ2n) is 5.47. The molecule has 1 amide bonds. The molecule has 0 aromatic heterocycles. The van der Waals surface area contributed by atoms with Gasteiger partial charge >= 0.3 is 0 Å². The van der Waals surface area contributed by atoms with Crippen molar-refractivity contribution in [2.24, 2.45) is 11.1 Å². The van der Waals surface area contributed by atoms with Gasteiger partial charge in [-0.25, -0.2) is 0 Å². The Hall–Kier alpha value is -1.71. The Balaban J connectivity index is 2.26. The van der Waals surface area contributed by atoms with Crippen LogP contribution in [0.5, 0.6) is 0 Å². The Labute approximate surface area is 102 Å². The molecule has 2 rings (SSSR count). The maximum Gasteiger partial charge on any atom is 0.248 e. The number of anilines is 2. The molecule has 92 valence electrons. The van der Waals surface area contributed by atoms with Crippen LogP contribution in [0.1, 0.15) is 30.6 Å². The molecule has 1 heterocycles. The topological polar surface area (TPSA) is 72.3 Å². The number of nitrogens with two attached hydrogens (primary N) is 2. The lowest BCUT2D eigenvalue weighted by Gasteiger charge is -2.23. The number of carbonyl (C=O) groups is 1. The number of nitrogen functional groups attached to an aromatic ring is 1. The van der Waals surface area contributed by atoms with Gasteiger partial charge in [-0.15, -0.1) is 0 Å². The summed E-state index contributed by atoms with van der Waals surface area (Å²) in [4.78, 5) is 13.3. The van der Waals surface area contributed by atoms with Crippen LogP contribution in [0.15, 0.2) is 18.2 Å². The first-order chi connectivity index (χ1) is 7.89. The van der Waals surface area contributed by atoms with Crippen molar-refractivity contribution in [3.63, 3.8) is 0 Å². The summed E-state index contributed by atoms with van der Waals surface area (Å²) < 4.78 is 0. The highest BCUT2D eigenvalue weighted by molar-refractivity contribution is 5.94. The molecule has 0 atom stereocenters. The van der Waals surface area contributed by atoms with Crippen molar-refractivity contribution in [2.45, 2.75) is 20.3 Å². The molecule has 4 heteroatoms. The minimum Gasteiger partial charge on any atom is -0.397 e. The number of rotatable bonds is 2. The van der Waals surface area contributed by atoms with Crippen LogP contribution >= 0.6 is 0 Å². The van der Waals surface area contributed by atoms with Gasteiger partial charge in [-0.05, 0) is 30.0 Å². The molecule has 1 fully saturated rings. The van der Waals surface area contributed by atoms with Crippen molar-refractivity contribution < 1.29 is 4.79 Å². The zero-order valence-electron chi connectivity index (χ0n) is 10.4. The molecule has 0 bridgehead atoms. The lowest BCUT2D eigenvalue weighted by molar-refractivity contribution is 0.100. The fraction of sp³-hybridized carbons (Fsp3) is 0.462. The second-order valence-corrected chi connectivity index (χ2v) is 5.47. The molecule has 0 radical (unpaired) electrons. The Morgan fingerprint density at radius 3 is 2.59 bits per heavy atom. The first kappa shape index (κ1) is 11.8. The highest BCUT2D eigenvalue weighted by Gasteiger charge is 2.30. The maximum atomic E-state index is 11.0. The van der Waals surface area contributed by atoms with Crippen LogP contribution in [-0.2, 0) is 0 Å². The third kappa shape index (κ3) is 2.35. The lowest BCUT2D eigenvalue weighted by Crippen LogP contribution is -2.24. The molecule has 4 N–H and O–H groups in total. The predicted octanol–water partition coefficient (Wildman–Crippen LogP) is 1.60. The van der Waals surface area contributed by atoms with Gasteiger partial charge in [0.05, 0.1) is 11.4 Å². The van der Waals surface area contributed by atoms with Crippen LogP contribution in [0.4, 0.5) is 11.4 Å². The van der Waals surface area contributed by atoms with Gasteiger partial charge in [0.1, 0.15) is 0 Å². The summed E-state index contributed by atoms with van der Waals surface area (Å²) in [5, 5.41) is 0. The number of benzene rings is 1. The summed E-state index contributed by atoms with van der Waals surface area (Å²) in [6.07, 6.45) is 1.16. The molecule has 1 saturated heterocycles. The van der Waals surface area contributed by atoms with Crippen molar-refractivity contribution in [2.75, 3.05) is 23.7 Å². The average Bonchev–Trinajstić information content (AvgIpc) is 2.58. The molecule has 0 aliphatic carbocycles. The number of amides is 1.